The molecule has 2 aromatic heterocycles. The quantitative estimate of drug-likeness (QED) is 0.108. The Morgan fingerprint density at radius 1 is 0.520 bits per heavy atom. The molecule has 0 radical (unpaired) electrons. The molecule has 7 aromatic carbocycles. The predicted molar refractivity (Wildman–Crippen MR) is 311 cm³/mol. The second-order valence-electron chi connectivity index (χ2n) is 23.3. The maximum Gasteiger partial charge on any atom is 0.136 e. The number of pyridine rings is 1. The molecule has 1 aliphatic rings. The van der Waals surface area contributed by atoms with E-state index >= 15 is 0 Å². The third-order valence-corrected chi connectivity index (χ3v) is 15.5. The molecule has 0 N–H and O–H groups in total. The van der Waals surface area contributed by atoms with Gasteiger partial charge in [0.25, 0.3) is 0 Å². The summed E-state index contributed by atoms with van der Waals surface area (Å²) in [4.78, 5) is 9.46. The van der Waals surface area contributed by atoms with Crippen molar-refractivity contribution >= 4 is 33.2 Å². The molecule has 386 valence electrons. The summed E-state index contributed by atoms with van der Waals surface area (Å²) >= 11 is 0. The third kappa shape index (κ3) is 10.4. The number of fused-ring (bicyclic) bond motifs is 3. The molecule has 0 amide bonds. The summed E-state index contributed by atoms with van der Waals surface area (Å²) in [5, 5.41) is 2.22. The van der Waals surface area contributed by atoms with Gasteiger partial charge in [0.05, 0.1) is 0 Å². The summed E-state index contributed by atoms with van der Waals surface area (Å²) < 4.78 is 9.22. The predicted octanol–water partition coefficient (Wildman–Crippen LogP) is 18.5. The maximum absolute atomic E-state index is 6.94. The van der Waals surface area contributed by atoms with Crippen LogP contribution in [-0.4, -0.2) is 9.55 Å². The zero-order valence-corrected chi connectivity index (χ0v) is 48.3. The van der Waals surface area contributed by atoms with Crippen LogP contribution in [-0.2, 0) is 37.3 Å². The van der Waals surface area contributed by atoms with Crippen LogP contribution in [0.4, 0.5) is 11.4 Å². The number of nitrogens with zero attached hydrogens (tertiary/aromatic N) is 4. The van der Waals surface area contributed by atoms with E-state index in [1.807, 2.05) is 6.20 Å². The maximum atomic E-state index is 6.94. The largest absolute Gasteiger partial charge is 0.509 e. The third-order valence-electron chi connectivity index (χ3n) is 15.5. The van der Waals surface area contributed by atoms with Gasteiger partial charge in [0, 0.05) is 60.8 Å². The van der Waals surface area contributed by atoms with E-state index in [0.29, 0.717) is 29.3 Å². The first-order chi connectivity index (χ1) is 35.3. The Balaban J connectivity index is 0.00000689. The first-order valence-electron chi connectivity index (χ1n) is 26.5. The number of aromatic nitrogens is 2. The second kappa shape index (κ2) is 20.8. The Bertz CT molecular complexity index is 3510. The minimum atomic E-state index is -0.231. The van der Waals surface area contributed by atoms with Crippen LogP contribution in [0, 0.1) is 18.8 Å². The molecular weight excluding hydrogens is 1100 g/mol. The van der Waals surface area contributed by atoms with E-state index in [2.05, 4.69) is 287 Å². The van der Waals surface area contributed by atoms with Gasteiger partial charge in [0.15, 0.2) is 0 Å². The van der Waals surface area contributed by atoms with Gasteiger partial charge in [-0.3, -0.25) is 0 Å². The smallest absolute Gasteiger partial charge is 0.136 e. The molecule has 0 saturated heterocycles. The number of ether oxygens (including phenoxy) is 1. The van der Waals surface area contributed by atoms with Gasteiger partial charge < -0.3 is 19.1 Å². The van der Waals surface area contributed by atoms with E-state index in [1.165, 1.54) is 44.5 Å². The SMILES string of the molecule is CC(C)c1cc(C(C)C)c(-c2ccnc(-n3c4[c-]c(Oc5[c-]c(N6C=CN(c7cccc(C(C)(C)c8ccccc8)c7)[CH-]6)cc(C(C)(C)C)c5)ccc4c4cc(C(C)(C)c5ccccc5)ccc43)c2)c(C(C)C)c1.[Pt]. The summed E-state index contributed by atoms with van der Waals surface area (Å²) in [6, 6.07) is 62.6. The first-order valence-corrected chi connectivity index (χ1v) is 26.5. The molecule has 0 unspecified atom stereocenters. The van der Waals surface area contributed by atoms with E-state index in [0.717, 1.165) is 50.1 Å². The number of rotatable bonds is 13. The summed E-state index contributed by atoms with van der Waals surface area (Å²) in [6.45, 7) is 31.9. The van der Waals surface area contributed by atoms with Gasteiger partial charge in [-0.05, 0) is 121 Å². The van der Waals surface area contributed by atoms with E-state index in [9.17, 15) is 0 Å². The normalized spacial score (nSPS) is 13.2. The van der Waals surface area contributed by atoms with Crippen molar-refractivity contribution in [2.24, 2.45) is 0 Å². The number of anilines is 2. The monoisotopic (exact) mass is 1170 g/mol. The average Bonchev–Trinajstić information content (AvgIpc) is 4.02. The molecule has 0 saturated carbocycles. The summed E-state index contributed by atoms with van der Waals surface area (Å²) in [5.41, 5.74) is 16.2. The fourth-order valence-electron chi connectivity index (χ4n) is 10.6. The van der Waals surface area contributed by atoms with Crippen LogP contribution >= 0.6 is 0 Å². The molecule has 0 fully saturated rings. The number of benzene rings is 7. The Kier molecular flexibility index (Phi) is 14.7. The fourth-order valence-corrected chi connectivity index (χ4v) is 10.6. The molecule has 10 rings (SSSR count). The van der Waals surface area contributed by atoms with Crippen LogP contribution in [0.2, 0.25) is 0 Å². The molecule has 6 heteroatoms. The van der Waals surface area contributed by atoms with Crippen LogP contribution < -0.4 is 14.5 Å². The van der Waals surface area contributed by atoms with Gasteiger partial charge in [0.1, 0.15) is 5.82 Å². The van der Waals surface area contributed by atoms with Crippen LogP contribution in [0.3, 0.4) is 0 Å². The average molecular weight is 1170 g/mol. The van der Waals surface area contributed by atoms with Crippen molar-refractivity contribution < 1.29 is 25.8 Å². The summed E-state index contributed by atoms with van der Waals surface area (Å²) in [7, 11) is 0. The first kappa shape index (κ1) is 53.2. The molecule has 9 aromatic rings. The van der Waals surface area contributed by atoms with E-state index in [1.54, 1.807) is 0 Å². The van der Waals surface area contributed by atoms with Gasteiger partial charge in [0.2, 0.25) is 0 Å². The van der Waals surface area contributed by atoms with Crippen molar-refractivity contribution in [3.63, 3.8) is 0 Å². The number of hydrogen-bond acceptors (Lipinski definition) is 4. The zero-order valence-electron chi connectivity index (χ0n) is 46.0. The van der Waals surface area contributed by atoms with E-state index in [4.69, 9.17) is 9.72 Å². The second-order valence-corrected chi connectivity index (χ2v) is 23.3. The zero-order chi connectivity index (χ0) is 52.3. The van der Waals surface area contributed by atoms with Crippen LogP contribution in [0.25, 0.3) is 38.8 Å². The Labute approximate surface area is 461 Å². The molecule has 1 aliphatic heterocycles. The van der Waals surface area contributed by atoms with Gasteiger partial charge in [-0.25, -0.2) is 4.98 Å². The molecule has 5 nitrogen and oxygen atoms in total. The van der Waals surface area contributed by atoms with Crippen LogP contribution in [0.1, 0.15) is 152 Å². The minimum absolute atomic E-state index is 0. The molecule has 0 aliphatic carbocycles. The Morgan fingerprint density at radius 3 is 1.75 bits per heavy atom. The minimum Gasteiger partial charge on any atom is -0.509 e. The van der Waals surface area contributed by atoms with Gasteiger partial charge in [-0.1, -0.05) is 193 Å². The van der Waals surface area contributed by atoms with Crippen molar-refractivity contribution in [1.29, 1.82) is 0 Å². The van der Waals surface area contributed by atoms with Crippen molar-refractivity contribution in [3.05, 3.63) is 234 Å². The van der Waals surface area contributed by atoms with Crippen molar-refractivity contribution in [2.45, 2.75) is 124 Å². The molecule has 3 heterocycles. The standard InChI is InChI=1S/C69H71N4O.Pt/c1-45(2)49-35-60(46(3)4)66(61(36-49)47(5)6)48-31-32-70-65(37-48)73-63-30-27-53(69(12,13)51-23-18-15-19-24-51)41-62(63)59-29-28-57(43-64(59)73)74-58-40-54(67(7,8)9)39-56(42-58)72-34-33-71(44-72)55-26-20-25-52(38-55)68(10,11)50-21-16-14-17-22-50;/h14-41,44-47H,1-13H3;/q-3;. The molecule has 0 bridgehead atoms. The number of hydrogen-bond donors (Lipinski definition) is 0. The Hall–Kier alpha value is -6.68. The molecular formula is C69H71N4OPt-3. The van der Waals surface area contributed by atoms with Crippen molar-refractivity contribution in [1.82, 2.24) is 9.55 Å². The van der Waals surface area contributed by atoms with Crippen molar-refractivity contribution in [3.8, 4) is 28.4 Å². The summed E-state index contributed by atoms with van der Waals surface area (Å²) in [5.74, 6) is 3.17. The van der Waals surface area contributed by atoms with Gasteiger partial charge in [-0.15, -0.1) is 53.6 Å². The summed E-state index contributed by atoms with van der Waals surface area (Å²) in [6.07, 6.45) is 6.17. The van der Waals surface area contributed by atoms with E-state index < -0.39 is 0 Å². The topological polar surface area (TPSA) is 33.5 Å². The van der Waals surface area contributed by atoms with Gasteiger partial charge in [-0.2, -0.15) is 6.07 Å². The molecule has 0 spiro atoms. The van der Waals surface area contributed by atoms with Crippen LogP contribution in [0.5, 0.6) is 11.5 Å². The fraction of sp³-hybridized carbons (Fsp3) is 0.275. The van der Waals surface area contributed by atoms with Crippen LogP contribution in [0.15, 0.2) is 170 Å². The van der Waals surface area contributed by atoms with Gasteiger partial charge >= 0.3 is 0 Å². The Morgan fingerprint density at radius 2 is 1.13 bits per heavy atom. The molecule has 0 atom stereocenters. The molecule has 75 heavy (non-hydrogen) atoms. The van der Waals surface area contributed by atoms with Crippen molar-refractivity contribution in [2.75, 3.05) is 9.80 Å². The van der Waals surface area contributed by atoms with E-state index in [-0.39, 0.29) is 37.3 Å².